The number of amides is 1. The van der Waals surface area contributed by atoms with Crippen LogP contribution in [-0.2, 0) is 9.59 Å². The number of carboxylic acid groups (broad SMARTS) is 1. The minimum Gasteiger partial charge on any atom is -1.00 e. The second-order valence-corrected chi connectivity index (χ2v) is 6.29. The molecule has 0 saturated heterocycles. The Morgan fingerprint density at radius 2 is 1.85 bits per heavy atom. The van der Waals surface area contributed by atoms with Crippen LogP contribution in [0.3, 0.4) is 0 Å². The average molecular weight is 399 g/mol. The molecule has 5 nitrogen and oxygen atoms in total. The Hall–Kier alpha value is -1.63. The maximum Gasteiger partial charge on any atom is 1.00 e. The summed E-state index contributed by atoms with van der Waals surface area (Å²) in [5, 5.41) is 13.6. The fourth-order valence-electron chi connectivity index (χ4n) is 2.53. The van der Waals surface area contributed by atoms with Gasteiger partial charge in [-0.05, 0) is 30.3 Å². The predicted octanol–water partition coefficient (Wildman–Crippen LogP) is -0.458. The maximum absolute atomic E-state index is 12.5. The van der Waals surface area contributed by atoms with E-state index < -0.39 is 17.4 Å². The quantitative estimate of drug-likeness (QED) is 0.540. The number of benzene rings is 2. The van der Waals surface area contributed by atoms with E-state index in [2.05, 4.69) is 16.9 Å². The minimum atomic E-state index is -1.94. The first-order valence-electron chi connectivity index (χ1n) is 7.20. The number of carbonyl (C=O) groups excluding carboxylic acids is 1. The molecule has 2 N–H and O–H groups in total. The monoisotopic (exact) mass is 398 g/mol. The van der Waals surface area contributed by atoms with E-state index in [1.165, 1.54) is 18.2 Å². The van der Waals surface area contributed by atoms with Gasteiger partial charge in [0.15, 0.2) is 0 Å². The van der Waals surface area contributed by atoms with Crippen LogP contribution in [0.15, 0.2) is 59.6 Å². The summed E-state index contributed by atoms with van der Waals surface area (Å²) in [5.74, 6) is -1.98. The van der Waals surface area contributed by atoms with Crippen molar-refractivity contribution in [3.63, 3.8) is 0 Å². The van der Waals surface area contributed by atoms with Crippen LogP contribution in [0.25, 0.3) is 6.08 Å². The van der Waals surface area contributed by atoms with Gasteiger partial charge >= 0.3 is 35.5 Å². The van der Waals surface area contributed by atoms with Gasteiger partial charge in [-0.15, -0.1) is 0 Å². The first kappa shape index (κ1) is 20.7. The van der Waals surface area contributed by atoms with E-state index in [-0.39, 0.29) is 41.6 Å². The molecule has 1 heterocycles. The number of aliphatic carboxylic acids is 1. The molecule has 8 heteroatoms. The predicted molar refractivity (Wildman–Crippen MR) is 97.4 cm³/mol. The molecule has 3 rings (SSSR count). The Labute approximate surface area is 182 Å². The molecule has 0 saturated carbocycles. The van der Waals surface area contributed by atoms with Crippen molar-refractivity contribution in [1.82, 2.24) is 0 Å². The zero-order valence-corrected chi connectivity index (χ0v) is 17.3. The number of carboxylic acids is 1. The van der Waals surface area contributed by atoms with Gasteiger partial charge in [0.05, 0.1) is 16.0 Å². The molecule has 2 aromatic rings. The van der Waals surface area contributed by atoms with E-state index >= 15 is 0 Å². The van der Waals surface area contributed by atoms with Crippen molar-refractivity contribution in [1.29, 1.82) is 0 Å². The molecule has 1 aliphatic rings. The van der Waals surface area contributed by atoms with Crippen LogP contribution >= 0.6 is 23.2 Å². The van der Waals surface area contributed by atoms with Crippen LogP contribution in [0.5, 0.6) is 0 Å². The molecule has 0 aromatic heterocycles. The van der Waals surface area contributed by atoms with Gasteiger partial charge in [0.2, 0.25) is 5.54 Å². The van der Waals surface area contributed by atoms with Gasteiger partial charge in [0.1, 0.15) is 0 Å². The summed E-state index contributed by atoms with van der Waals surface area (Å²) in [4.78, 5) is 28.6. The topological polar surface area (TPSA) is 78.8 Å². The zero-order chi connectivity index (χ0) is 18.2. The van der Waals surface area contributed by atoms with Crippen molar-refractivity contribution in [3.05, 3.63) is 75.2 Å². The van der Waals surface area contributed by atoms with Crippen LogP contribution in [0.1, 0.15) is 1.43 Å². The average Bonchev–Trinajstić information content (AvgIpc) is 2.96. The van der Waals surface area contributed by atoms with Gasteiger partial charge in [0.25, 0.3) is 5.91 Å². The molecule has 26 heavy (non-hydrogen) atoms. The van der Waals surface area contributed by atoms with Crippen LogP contribution in [0.2, 0.25) is 10.0 Å². The Morgan fingerprint density at radius 1 is 1.19 bits per heavy atom. The van der Waals surface area contributed by atoms with Crippen LogP contribution in [-0.4, -0.2) is 22.5 Å². The van der Waals surface area contributed by atoms with E-state index in [1.54, 1.807) is 30.3 Å². The molecular formula is C18H13Cl2N2NaO3. The number of hydrogen-bond acceptors (Lipinski definition) is 3. The number of hydrogen-bond donors (Lipinski definition) is 2. The van der Waals surface area contributed by atoms with Crippen molar-refractivity contribution in [3.8, 4) is 0 Å². The zero-order valence-electron chi connectivity index (χ0n) is 14.8. The normalized spacial score (nSPS) is 17.2. The number of anilines is 1. The fourth-order valence-corrected chi connectivity index (χ4v) is 3.07. The van der Waals surface area contributed by atoms with Crippen LogP contribution in [0.4, 0.5) is 5.69 Å². The third-order valence-electron chi connectivity index (χ3n) is 3.81. The van der Waals surface area contributed by atoms with Gasteiger partial charge in [-0.1, -0.05) is 48.0 Å². The Kier molecular flexibility index (Phi) is 6.32. The van der Waals surface area contributed by atoms with E-state index in [4.69, 9.17) is 23.2 Å². The number of fused-ring (bicyclic) bond motifs is 1. The molecular weight excluding hydrogens is 386 g/mol. The Morgan fingerprint density at radius 3 is 2.46 bits per heavy atom. The number of nitrogens with one attached hydrogen (secondary N) is 1. The number of rotatable bonds is 4. The van der Waals surface area contributed by atoms with E-state index in [0.717, 1.165) is 0 Å². The molecule has 1 unspecified atom stereocenters. The minimum absolute atomic E-state index is 0. The Bertz CT molecular complexity index is 1030. The number of para-hydroxylation sites is 1. The first-order chi connectivity index (χ1) is 11.8. The molecule has 2 aromatic carbocycles. The molecule has 1 atom stereocenters. The van der Waals surface area contributed by atoms with E-state index in [1.807, 2.05) is 0 Å². The third-order valence-corrected chi connectivity index (χ3v) is 4.35. The summed E-state index contributed by atoms with van der Waals surface area (Å²) in [7, 11) is 0. The van der Waals surface area contributed by atoms with Crippen molar-refractivity contribution < 1.29 is 45.7 Å². The fraction of sp³-hybridized carbons (Fsp3) is 0.0556. The summed E-state index contributed by atoms with van der Waals surface area (Å²) in [6, 6.07) is 11.6. The summed E-state index contributed by atoms with van der Waals surface area (Å²) in [5.41, 5.74) is -1.65. The molecule has 0 bridgehead atoms. The molecule has 1 amide bonds. The number of nitrogens with zero attached hydrogens (tertiary/aromatic N) is 1. The number of halogens is 2. The summed E-state index contributed by atoms with van der Waals surface area (Å²) in [6.07, 6.45) is 1.32. The van der Waals surface area contributed by atoms with Gasteiger partial charge in [-0.3, -0.25) is 9.79 Å². The van der Waals surface area contributed by atoms with Crippen LogP contribution < -0.4 is 45.4 Å². The standard InChI is InChI=1S/C18H12Cl2N2O3.Na.H/c1-10(16(23)21-12-5-3-2-4-6-12)18(17(24)25)9-13-14(20)7-11(19)8-15(13)22-18;;/h2-9H,1H2,(H,21,23)(H,24,25);;/q;+1;-1. The van der Waals surface area contributed by atoms with E-state index in [9.17, 15) is 14.7 Å². The van der Waals surface area contributed by atoms with Crippen molar-refractivity contribution in [2.75, 3.05) is 5.32 Å². The Balaban J connectivity index is 0.00000182. The second kappa shape index (κ2) is 7.94. The van der Waals surface area contributed by atoms with E-state index in [0.29, 0.717) is 21.3 Å². The first-order valence-corrected chi connectivity index (χ1v) is 7.96. The summed E-state index contributed by atoms with van der Waals surface area (Å²) in [6.45, 7) is 3.67. The van der Waals surface area contributed by atoms with Gasteiger partial charge in [-0.25, -0.2) is 4.79 Å². The largest absolute Gasteiger partial charge is 1.00 e. The molecule has 0 fully saturated rings. The van der Waals surface area contributed by atoms with Gasteiger partial charge in [-0.2, -0.15) is 0 Å². The van der Waals surface area contributed by atoms with Gasteiger partial charge in [0, 0.05) is 15.9 Å². The summed E-state index contributed by atoms with van der Waals surface area (Å²) < 4.78 is 0. The molecule has 0 spiro atoms. The molecule has 0 aliphatic carbocycles. The van der Waals surface area contributed by atoms with Gasteiger partial charge < -0.3 is 11.8 Å². The van der Waals surface area contributed by atoms with Crippen molar-refractivity contribution in [2.24, 2.45) is 4.99 Å². The van der Waals surface area contributed by atoms with Crippen molar-refractivity contribution in [2.45, 2.75) is 5.54 Å². The second-order valence-electron chi connectivity index (χ2n) is 5.45. The maximum atomic E-state index is 12.5. The molecule has 0 radical (unpaired) electrons. The van der Waals surface area contributed by atoms with Crippen LogP contribution in [0, 0.1) is 0 Å². The number of carbonyl (C=O) groups is 2. The summed E-state index contributed by atoms with van der Waals surface area (Å²) >= 11 is 12.1. The van der Waals surface area contributed by atoms with Crippen molar-refractivity contribution >= 4 is 46.8 Å². The third kappa shape index (κ3) is 3.72. The molecule has 1 aliphatic heterocycles. The SMILES string of the molecule is C=C(C(=O)Nc1ccccc1)C1(C(=O)O)C=c2c(Cl)cc(Cl)cc2=N1.[H-].[Na+]. The molecule has 128 valence electrons. The smallest absolute Gasteiger partial charge is 1.00 e.